The molecule has 2 aliphatic carbocycles. The van der Waals surface area contributed by atoms with Crippen molar-refractivity contribution in [3.05, 3.63) is 35.4 Å². The molecule has 0 amide bonds. The summed E-state index contributed by atoms with van der Waals surface area (Å²) in [4.78, 5) is 0. The summed E-state index contributed by atoms with van der Waals surface area (Å²) in [7, 11) is 0. The summed E-state index contributed by atoms with van der Waals surface area (Å²) in [6, 6.07) is 8.85. The van der Waals surface area contributed by atoms with Crippen molar-refractivity contribution >= 4 is 0 Å². The van der Waals surface area contributed by atoms with Gasteiger partial charge in [-0.3, -0.25) is 0 Å². The topological polar surface area (TPSA) is 20.2 Å². The van der Waals surface area contributed by atoms with Crippen LogP contribution in [-0.2, 0) is 0 Å². The molecule has 3 rings (SSSR count). The van der Waals surface area contributed by atoms with Crippen LogP contribution in [0.15, 0.2) is 24.3 Å². The van der Waals surface area contributed by atoms with Crippen molar-refractivity contribution in [3.63, 3.8) is 0 Å². The Bertz CT molecular complexity index is 435. The normalized spacial score (nSPS) is 28.4. The molecule has 21 heavy (non-hydrogen) atoms. The Labute approximate surface area is 129 Å². The number of aliphatic hydroxyl groups excluding tert-OH is 1. The Hall–Kier alpha value is -0.820. The minimum atomic E-state index is -0.256. The Balaban J connectivity index is 1.58. The number of aliphatic hydroxyl groups is 1. The van der Waals surface area contributed by atoms with Crippen molar-refractivity contribution in [2.45, 2.75) is 70.8 Å². The number of hydrogen-bond acceptors (Lipinski definition) is 1. The van der Waals surface area contributed by atoms with Crippen LogP contribution in [0.4, 0.5) is 0 Å². The van der Waals surface area contributed by atoms with E-state index in [1.54, 1.807) is 0 Å². The highest BCUT2D eigenvalue weighted by molar-refractivity contribution is 5.28. The van der Waals surface area contributed by atoms with E-state index in [2.05, 4.69) is 38.1 Å². The van der Waals surface area contributed by atoms with Gasteiger partial charge >= 0.3 is 0 Å². The van der Waals surface area contributed by atoms with Crippen molar-refractivity contribution in [1.82, 2.24) is 0 Å². The first-order valence-electron chi connectivity index (χ1n) is 8.93. The van der Waals surface area contributed by atoms with Crippen molar-refractivity contribution in [3.8, 4) is 0 Å². The van der Waals surface area contributed by atoms with Gasteiger partial charge in [-0.25, -0.2) is 0 Å². The maximum Gasteiger partial charge on any atom is 0.0818 e. The first-order valence-corrected chi connectivity index (χ1v) is 8.93. The van der Waals surface area contributed by atoms with Gasteiger partial charge in [-0.1, -0.05) is 44.5 Å². The van der Waals surface area contributed by atoms with Gasteiger partial charge < -0.3 is 5.11 Å². The highest BCUT2D eigenvalue weighted by atomic mass is 16.3. The van der Waals surface area contributed by atoms with Gasteiger partial charge in [0.15, 0.2) is 0 Å². The summed E-state index contributed by atoms with van der Waals surface area (Å²) >= 11 is 0. The first-order chi connectivity index (χ1) is 10.1. The molecule has 2 aliphatic rings. The second kappa shape index (κ2) is 6.52. The third-order valence-corrected chi connectivity index (χ3v) is 6.06. The van der Waals surface area contributed by atoms with E-state index in [0.29, 0.717) is 5.92 Å². The van der Waals surface area contributed by atoms with Gasteiger partial charge in [-0.05, 0) is 73.3 Å². The van der Waals surface area contributed by atoms with Crippen LogP contribution in [0.1, 0.15) is 81.9 Å². The fourth-order valence-corrected chi connectivity index (χ4v) is 4.11. The number of hydrogen-bond donors (Lipinski definition) is 1. The third kappa shape index (κ3) is 3.34. The molecule has 1 nitrogen and oxygen atoms in total. The van der Waals surface area contributed by atoms with E-state index in [1.807, 2.05) is 0 Å². The van der Waals surface area contributed by atoms with Crippen molar-refractivity contribution in [1.29, 1.82) is 0 Å². The van der Waals surface area contributed by atoms with Crippen LogP contribution in [-0.4, -0.2) is 5.11 Å². The molecule has 1 atom stereocenters. The van der Waals surface area contributed by atoms with E-state index in [9.17, 15) is 5.11 Å². The molecule has 1 aromatic carbocycles. The summed E-state index contributed by atoms with van der Waals surface area (Å²) in [6.07, 6.45) is 8.78. The highest BCUT2D eigenvalue weighted by Crippen LogP contribution is 2.40. The molecule has 0 aliphatic heterocycles. The average molecular weight is 286 g/mol. The molecule has 2 fully saturated rings. The predicted molar refractivity (Wildman–Crippen MR) is 88.3 cm³/mol. The lowest BCUT2D eigenvalue weighted by Crippen LogP contribution is -2.23. The minimum absolute atomic E-state index is 0.256. The number of rotatable bonds is 4. The lowest BCUT2D eigenvalue weighted by molar-refractivity contribution is 0.0668. The summed E-state index contributed by atoms with van der Waals surface area (Å²) in [5.41, 5.74) is 2.60. The van der Waals surface area contributed by atoms with Gasteiger partial charge in [0, 0.05) is 0 Å². The average Bonchev–Trinajstić information content (AvgIpc) is 2.46. The zero-order valence-corrected chi connectivity index (χ0v) is 13.6. The van der Waals surface area contributed by atoms with E-state index in [0.717, 1.165) is 23.3 Å². The Morgan fingerprint density at radius 1 is 0.857 bits per heavy atom. The number of benzene rings is 1. The van der Waals surface area contributed by atoms with E-state index < -0.39 is 0 Å². The first kappa shape index (κ1) is 15.1. The largest absolute Gasteiger partial charge is 0.388 e. The van der Waals surface area contributed by atoms with Crippen LogP contribution >= 0.6 is 0 Å². The SMILES string of the molecule is CC(C)C1CCC(C(O)c2ccc(C3CCC3)cc2)CC1. The van der Waals surface area contributed by atoms with E-state index >= 15 is 0 Å². The van der Waals surface area contributed by atoms with Crippen molar-refractivity contribution < 1.29 is 5.11 Å². The summed E-state index contributed by atoms with van der Waals surface area (Å²) < 4.78 is 0. The maximum absolute atomic E-state index is 10.7. The molecule has 1 N–H and O–H groups in total. The molecule has 1 heteroatoms. The second-order valence-corrected chi connectivity index (χ2v) is 7.66. The Morgan fingerprint density at radius 2 is 1.43 bits per heavy atom. The lowest BCUT2D eigenvalue weighted by atomic mass is 9.74. The summed E-state index contributed by atoms with van der Waals surface area (Å²) in [5.74, 6) is 2.92. The third-order valence-electron chi connectivity index (χ3n) is 6.06. The fourth-order valence-electron chi connectivity index (χ4n) is 4.11. The van der Waals surface area contributed by atoms with Crippen LogP contribution in [0.25, 0.3) is 0 Å². The van der Waals surface area contributed by atoms with Crippen LogP contribution < -0.4 is 0 Å². The standard InChI is InChI=1S/C20H30O/c1-14(2)15-6-10-18(11-7-15)20(21)19-12-8-17(9-13-19)16-4-3-5-16/h8-9,12-16,18,20-21H,3-7,10-11H2,1-2H3. The zero-order valence-electron chi connectivity index (χ0n) is 13.6. The van der Waals surface area contributed by atoms with E-state index in [-0.39, 0.29) is 6.10 Å². The second-order valence-electron chi connectivity index (χ2n) is 7.66. The van der Waals surface area contributed by atoms with Gasteiger partial charge in [-0.2, -0.15) is 0 Å². The molecule has 0 saturated heterocycles. The molecule has 1 unspecified atom stereocenters. The molecule has 0 radical (unpaired) electrons. The molecule has 0 bridgehead atoms. The van der Waals surface area contributed by atoms with Crippen LogP contribution in [0.5, 0.6) is 0 Å². The quantitative estimate of drug-likeness (QED) is 0.780. The zero-order chi connectivity index (χ0) is 14.8. The lowest BCUT2D eigenvalue weighted by Gasteiger charge is -2.33. The summed E-state index contributed by atoms with van der Waals surface area (Å²) in [5, 5.41) is 10.7. The fraction of sp³-hybridized carbons (Fsp3) is 0.700. The molecular formula is C20H30O. The molecular weight excluding hydrogens is 256 g/mol. The van der Waals surface area contributed by atoms with Crippen molar-refractivity contribution in [2.24, 2.45) is 17.8 Å². The van der Waals surface area contributed by atoms with E-state index in [1.165, 1.54) is 50.5 Å². The van der Waals surface area contributed by atoms with Crippen molar-refractivity contribution in [2.75, 3.05) is 0 Å². The smallest absolute Gasteiger partial charge is 0.0818 e. The molecule has 0 spiro atoms. The van der Waals surface area contributed by atoms with Gasteiger partial charge in [0.25, 0.3) is 0 Å². The van der Waals surface area contributed by atoms with E-state index in [4.69, 9.17) is 0 Å². The molecule has 0 heterocycles. The van der Waals surface area contributed by atoms with Crippen LogP contribution in [0.3, 0.4) is 0 Å². The molecule has 116 valence electrons. The maximum atomic E-state index is 10.7. The highest BCUT2D eigenvalue weighted by Gasteiger charge is 2.28. The Kier molecular flexibility index (Phi) is 4.69. The molecule has 0 aromatic heterocycles. The Morgan fingerprint density at radius 3 is 1.90 bits per heavy atom. The predicted octanol–water partition coefficient (Wildman–Crippen LogP) is 5.45. The van der Waals surface area contributed by atoms with Crippen LogP contribution in [0.2, 0.25) is 0 Å². The minimum Gasteiger partial charge on any atom is -0.388 e. The van der Waals surface area contributed by atoms with Crippen LogP contribution in [0, 0.1) is 17.8 Å². The molecule has 1 aromatic rings. The summed E-state index contributed by atoms with van der Waals surface area (Å²) in [6.45, 7) is 4.67. The molecule has 2 saturated carbocycles. The van der Waals surface area contributed by atoms with Gasteiger partial charge in [0.1, 0.15) is 0 Å². The van der Waals surface area contributed by atoms with Gasteiger partial charge in [-0.15, -0.1) is 0 Å². The van der Waals surface area contributed by atoms with Gasteiger partial charge in [0.05, 0.1) is 6.10 Å². The van der Waals surface area contributed by atoms with Gasteiger partial charge in [0.2, 0.25) is 0 Å². The monoisotopic (exact) mass is 286 g/mol.